The number of carbonyl (C=O) groups is 4. The van der Waals surface area contributed by atoms with Crippen molar-refractivity contribution in [2.75, 3.05) is 13.2 Å². The van der Waals surface area contributed by atoms with Crippen LogP contribution in [-0.4, -0.2) is 59.3 Å². The lowest BCUT2D eigenvalue weighted by Gasteiger charge is -2.15. The Labute approximate surface area is 359 Å². The van der Waals surface area contributed by atoms with Crippen molar-refractivity contribution in [2.45, 2.75) is 206 Å². The van der Waals surface area contributed by atoms with Crippen molar-refractivity contribution >= 4 is 23.8 Å². The van der Waals surface area contributed by atoms with E-state index in [0.717, 1.165) is 96.3 Å². The van der Waals surface area contributed by atoms with E-state index in [-0.39, 0.29) is 24.5 Å². The first-order valence-corrected chi connectivity index (χ1v) is 23.3. The molecule has 0 saturated heterocycles. The van der Waals surface area contributed by atoms with Gasteiger partial charge in [-0.3, -0.25) is 14.4 Å². The average Bonchev–Trinajstić information content (AvgIpc) is 3.22. The predicted octanol–water partition coefficient (Wildman–Crippen LogP) is 11.9. The van der Waals surface area contributed by atoms with Gasteiger partial charge in [0.1, 0.15) is 12.1 Å². The lowest BCUT2D eigenvalue weighted by molar-refractivity contribution is -0.147. The van der Waals surface area contributed by atoms with Crippen LogP contribution in [0.4, 0.5) is 0 Å². The number of aliphatic hydroxyl groups is 1. The zero-order chi connectivity index (χ0) is 43.3. The maximum atomic E-state index is 12.8. The van der Waals surface area contributed by atoms with Crippen LogP contribution in [0.2, 0.25) is 0 Å². The summed E-state index contributed by atoms with van der Waals surface area (Å²) in [5.74, 6) is -2.36. The highest BCUT2D eigenvalue weighted by Gasteiger charge is 2.18. The number of aliphatic carboxylic acids is 1. The Kier molecular flexibility index (Phi) is 41.1. The number of aliphatic hydroxyl groups excluding tert-OH is 1. The van der Waals surface area contributed by atoms with Gasteiger partial charge in [-0.2, -0.15) is 0 Å². The van der Waals surface area contributed by atoms with Crippen molar-refractivity contribution in [2.24, 2.45) is 0 Å². The molecule has 0 heterocycles. The fourth-order valence-corrected chi connectivity index (χ4v) is 6.36. The third-order valence-electron chi connectivity index (χ3n) is 9.92. The molecular formula is C50H84N2O7. The first-order valence-electron chi connectivity index (χ1n) is 23.3. The van der Waals surface area contributed by atoms with Crippen molar-refractivity contribution in [1.82, 2.24) is 10.6 Å². The molecule has 0 radical (unpaired) electrons. The summed E-state index contributed by atoms with van der Waals surface area (Å²) in [6.45, 7) is 3.34. The van der Waals surface area contributed by atoms with Crippen LogP contribution in [0, 0.1) is 0 Å². The molecule has 0 saturated carbocycles. The Morgan fingerprint density at radius 1 is 0.542 bits per heavy atom. The quantitative estimate of drug-likeness (QED) is 0.0273. The minimum atomic E-state index is -1.39. The number of ether oxygens (including phenoxy) is 1. The van der Waals surface area contributed by atoms with Gasteiger partial charge < -0.3 is 25.6 Å². The fraction of sp³-hybridized carbons (Fsp3) is 0.680. The largest absolute Gasteiger partial charge is 0.480 e. The molecule has 59 heavy (non-hydrogen) atoms. The van der Waals surface area contributed by atoms with Crippen LogP contribution < -0.4 is 10.6 Å². The number of hydrogen-bond donors (Lipinski definition) is 4. The van der Waals surface area contributed by atoms with Gasteiger partial charge in [-0.15, -0.1) is 0 Å². The first-order chi connectivity index (χ1) is 28.8. The molecule has 336 valence electrons. The van der Waals surface area contributed by atoms with Gasteiger partial charge in [0.05, 0.1) is 13.2 Å². The zero-order valence-electron chi connectivity index (χ0n) is 37.2. The van der Waals surface area contributed by atoms with Crippen LogP contribution in [0.1, 0.15) is 194 Å². The SMILES string of the molecule is CC/C=C\C/C=C\C/C=C\C/C=C\CCCCCCCCCCC(=O)OC(/C=C\C/C=C\CCCCCC)CCCCCCCCC(=O)NCC(=O)NC(CO)C(=O)O. The number of unbranched alkanes of at least 4 members (excludes halogenated alkanes) is 17. The molecule has 0 rings (SSSR count). The number of nitrogens with one attached hydrogen (secondary N) is 2. The summed E-state index contributed by atoms with van der Waals surface area (Å²) in [7, 11) is 0. The summed E-state index contributed by atoms with van der Waals surface area (Å²) < 4.78 is 5.94. The highest BCUT2D eigenvalue weighted by Crippen LogP contribution is 2.16. The second-order valence-electron chi connectivity index (χ2n) is 15.5. The van der Waals surface area contributed by atoms with Gasteiger partial charge >= 0.3 is 11.9 Å². The van der Waals surface area contributed by atoms with Crippen LogP contribution in [-0.2, 0) is 23.9 Å². The number of allylic oxidation sites excluding steroid dienone is 11. The van der Waals surface area contributed by atoms with Gasteiger partial charge in [0.2, 0.25) is 11.8 Å². The molecule has 2 unspecified atom stereocenters. The normalized spacial score (nSPS) is 13.1. The second kappa shape index (κ2) is 43.8. The van der Waals surface area contributed by atoms with Crippen molar-refractivity contribution in [3.63, 3.8) is 0 Å². The van der Waals surface area contributed by atoms with E-state index >= 15 is 0 Å². The van der Waals surface area contributed by atoms with E-state index in [1.165, 1.54) is 64.2 Å². The zero-order valence-corrected chi connectivity index (χ0v) is 37.2. The Hall–Kier alpha value is -3.72. The summed E-state index contributed by atoms with van der Waals surface area (Å²) in [4.78, 5) is 47.5. The van der Waals surface area contributed by atoms with Gasteiger partial charge in [0.25, 0.3) is 0 Å². The molecular weight excluding hydrogens is 741 g/mol. The highest BCUT2D eigenvalue weighted by atomic mass is 16.5. The highest BCUT2D eigenvalue weighted by molar-refractivity contribution is 5.87. The van der Waals surface area contributed by atoms with Crippen LogP contribution in [0.15, 0.2) is 72.9 Å². The summed E-state index contributed by atoms with van der Waals surface area (Å²) >= 11 is 0. The summed E-state index contributed by atoms with van der Waals surface area (Å²) in [5.41, 5.74) is 0. The second-order valence-corrected chi connectivity index (χ2v) is 15.5. The van der Waals surface area contributed by atoms with Gasteiger partial charge in [0.15, 0.2) is 0 Å². The molecule has 0 aliphatic heterocycles. The van der Waals surface area contributed by atoms with Gasteiger partial charge in [0, 0.05) is 12.8 Å². The summed E-state index contributed by atoms with van der Waals surface area (Å²) in [5, 5.41) is 22.5. The lowest BCUT2D eigenvalue weighted by Crippen LogP contribution is -2.47. The molecule has 9 heteroatoms. The average molecular weight is 825 g/mol. The topological polar surface area (TPSA) is 142 Å². The van der Waals surface area contributed by atoms with E-state index in [0.29, 0.717) is 19.3 Å². The molecule has 0 aromatic rings. The van der Waals surface area contributed by atoms with Crippen molar-refractivity contribution in [3.8, 4) is 0 Å². The first kappa shape index (κ1) is 55.3. The fourth-order valence-electron chi connectivity index (χ4n) is 6.36. The standard InChI is InChI=1S/C50H84N2O7/c1-3-5-7-9-11-13-14-15-16-17-18-19-20-21-22-23-24-26-28-34-38-42-49(56)59-45(39-35-31-27-25-12-10-8-6-4-2)40-36-32-29-30-33-37-41-47(54)51-43-48(55)52-46(44-53)50(57)58/h5,7,11,13,15-16,18-19,25,27,35,39,45-46,53H,3-4,6,8-10,12,14,17,20-24,26,28-34,36-38,40-44H2,1-2H3,(H,51,54)(H,52,55)(H,57,58)/b7-5-,13-11-,16-15-,19-18-,27-25-,39-35-. The van der Waals surface area contributed by atoms with Crippen LogP contribution >= 0.6 is 0 Å². The van der Waals surface area contributed by atoms with E-state index in [2.05, 4.69) is 97.4 Å². The Morgan fingerprint density at radius 2 is 1.02 bits per heavy atom. The number of carboxylic acid groups (broad SMARTS) is 1. The maximum absolute atomic E-state index is 12.8. The predicted molar refractivity (Wildman–Crippen MR) is 245 cm³/mol. The molecule has 9 nitrogen and oxygen atoms in total. The van der Waals surface area contributed by atoms with Crippen LogP contribution in [0.25, 0.3) is 0 Å². The minimum absolute atomic E-state index is 0.104. The third-order valence-corrected chi connectivity index (χ3v) is 9.92. The van der Waals surface area contributed by atoms with Crippen molar-refractivity contribution in [3.05, 3.63) is 72.9 Å². The number of esters is 1. The van der Waals surface area contributed by atoms with Gasteiger partial charge in [-0.25, -0.2) is 4.79 Å². The summed E-state index contributed by atoms with van der Waals surface area (Å²) in [6.07, 6.45) is 55.3. The Bertz CT molecular complexity index is 1220. The smallest absolute Gasteiger partial charge is 0.328 e. The van der Waals surface area contributed by atoms with Gasteiger partial charge in [-0.1, -0.05) is 164 Å². The van der Waals surface area contributed by atoms with Crippen molar-refractivity contribution < 1.29 is 34.1 Å². The van der Waals surface area contributed by atoms with Crippen molar-refractivity contribution in [1.29, 1.82) is 0 Å². The summed E-state index contributed by atoms with van der Waals surface area (Å²) in [6, 6.07) is -1.39. The van der Waals surface area contributed by atoms with E-state index in [1.807, 2.05) is 0 Å². The molecule has 4 N–H and O–H groups in total. The lowest BCUT2D eigenvalue weighted by atomic mass is 10.0. The van der Waals surface area contributed by atoms with E-state index in [4.69, 9.17) is 14.9 Å². The van der Waals surface area contributed by atoms with Gasteiger partial charge in [-0.05, 0) is 89.5 Å². The Morgan fingerprint density at radius 3 is 1.56 bits per heavy atom. The third kappa shape index (κ3) is 40.8. The number of carboxylic acids is 1. The number of rotatable bonds is 41. The molecule has 2 amide bonds. The monoisotopic (exact) mass is 825 g/mol. The van der Waals surface area contributed by atoms with Crippen LogP contribution in [0.5, 0.6) is 0 Å². The molecule has 0 bridgehead atoms. The van der Waals surface area contributed by atoms with E-state index in [1.54, 1.807) is 0 Å². The van der Waals surface area contributed by atoms with E-state index in [9.17, 15) is 19.2 Å². The molecule has 2 atom stereocenters. The Balaban J connectivity index is 4.25. The molecule has 0 aromatic heterocycles. The number of carbonyl (C=O) groups excluding carboxylic acids is 3. The molecule has 0 spiro atoms. The van der Waals surface area contributed by atoms with Crippen LogP contribution in [0.3, 0.4) is 0 Å². The molecule has 0 aromatic carbocycles. The minimum Gasteiger partial charge on any atom is -0.480 e. The number of hydrogen-bond acceptors (Lipinski definition) is 6. The maximum Gasteiger partial charge on any atom is 0.328 e. The number of amides is 2. The molecule has 0 aliphatic carbocycles. The molecule has 0 fully saturated rings. The van der Waals surface area contributed by atoms with E-state index < -0.39 is 24.5 Å². The molecule has 0 aliphatic rings.